The Bertz CT molecular complexity index is 687. The Balaban J connectivity index is 1.83. The van der Waals surface area contributed by atoms with Crippen molar-refractivity contribution in [2.24, 2.45) is 0 Å². The normalized spacial score (nSPS) is 21.2. The first kappa shape index (κ1) is 14.2. The molecule has 2 atom stereocenters. The van der Waals surface area contributed by atoms with Crippen LogP contribution in [-0.4, -0.2) is 5.25 Å². The van der Waals surface area contributed by atoms with Crippen LogP contribution < -0.4 is 0 Å². The predicted molar refractivity (Wildman–Crippen MR) is 89.9 cm³/mol. The van der Waals surface area contributed by atoms with Gasteiger partial charge in [0.15, 0.2) is 0 Å². The van der Waals surface area contributed by atoms with E-state index < -0.39 is 0 Å². The van der Waals surface area contributed by atoms with Gasteiger partial charge in [0.05, 0.1) is 0 Å². The molecule has 21 heavy (non-hydrogen) atoms. The fourth-order valence-electron chi connectivity index (χ4n) is 2.63. The topological polar surface area (TPSA) is 0 Å². The number of hydrogen-bond acceptors (Lipinski definition) is 1. The van der Waals surface area contributed by atoms with Gasteiger partial charge in [-0.25, -0.2) is 4.39 Å². The Hall–Kier alpha value is -1.80. The minimum atomic E-state index is -0.169. The maximum Gasteiger partial charge on any atom is 0.130 e. The number of aryl methyl sites for hydroxylation is 1. The van der Waals surface area contributed by atoms with Crippen LogP contribution in [0.2, 0.25) is 0 Å². The van der Waals surface area contributed by atoms with Gasteiger partial charge in [-0.1, -0.05) is 60.7 Å². The zero-order chi connectivity index (χ0) is 14.7. The third-order valence-corrected chi connectivity index (χ3v) is 4.87. The highest BCUT2D eigenvalue weighted by molar-refractivity contribution is 8.03. The minimum absolute atomic E-state index is 0.169. The molecule has 2 unspecified atom stereocenters. The van der Waals surface area contributed by atoms with E-state index in [1.807, 2.05) is 18.2 Å². The molecule has 1 aliphatic rings. The second-order valence-corrected chi connectivity index (χ2v) is 6.28. The summed E-state index contributed by atoms with van der Waals surface area (Å²) in [5, 5.41) is 2.47. The van der Waals surface area contributed by atoms with Crippen LogP contribution in [0.1, 0.15) is 22.6 Å². The molecule has 0 fully saturated rings. The quantitative estimate of drug-likeness (QED) is 0.714. The molecule has 0 spiro atoms. The van der Waals surface area contributed by atoms with Gasteiger partial charge < -0.3 is 0 Å². The lowest BCUT2D eigenvalue weighted by Gasteiger charge is -2.17. The van der Waals surface area contributed by atoms with E-state index in [2.05, 4.69) is 48.7 Å². The number of hydrogen-bond donors (Lipinski definition) is 0. The first-order valence-corrected chi connectivity index (χ1v) is 8.00. The van der Waals surface area contributed by atoms with Gasteiger partial charge in [0.1, 0.15) is 5.82 Å². The summed E-state index contributed by atoms with van der Waals surface area (Å²) in [7, 11) is 0. The van der Waals surface area contributed by atoms with Gasteiger partial charge in [-0.3, -0.25) is 0 Å². The van der Waals surface area contributed by atoms with E-state index >= 15 is 0 Å². The summed E-state index contributed by atoms with van der Waals surface area (Å²) in [5.41, 5.74) is 3.30. The molecule has 2 aromatic rings. The molecule has 2 aromatic carbocycles. The van der Waals surface area contributed by atoms with Crippen molar-refractivity contribution in [2.45, 2.75) is 18.1 Å². The number of thioether (sulfide) groups is 1. The lowest BCUT2D eigenvalue weighted by Crippen LogP contribution is -2.08. The van der Waals surface area contributed by atoms with Crippen LogP contribution in [0.5, 0.6) is 0 Å². The van der Waals surface area contributed by atoms with Crippen molar-refractivity contribution in [3.63, 3.8) is 0 Å². The predicted octanol–water partition coefficient (Wildman–Crippen LogP) is 5.56. The second-order valence-electron chi connectivity index (χ2n) is 5.19. The van der Waals surface area contributed by atoms with Crippen molar-refractivity contribution in [1.82, 2.24) is 0 Å². The van der Waals surface area contributed by atoms with Gasteiger partial charge in [0.2, 0.25) is 0 Å². The molecule has 0 aliphatic carbocycles. The third-order valence-electron chi connectivity index (χ3n) is 3.79. The van der Waals surface area contributed by atoms with E-state index in [-0.39, 0.29) is 5.82 Å². The molecule has 0 saturated carbocycles. The van der Waals surface area contributed by atoms with Gasteiger partial charge in [0, 0.05) is 16.7 Å². The minimum Gasteiger partial charge on any atom is -0.206 e. The number of rotatable bonds is 3. The van der Waals surface area contributed by atoms with Crippen molar-refractivity contribution in [1.29, 1.82) is 0 Å². The Morgan fingerprint density at radius 3 is 2.62 bits per heavy atom. The molecule has 0 aromatic heterocycles. The lowest BCUT2D eigenvalue weighted by molar-refractivity contribution is 0.625. The molecule has 3 rings (SSSR count). The Kier molecular flexibility index (Phi) is 4.26. The van der Waals surface area contributed by atoms with Gasteiger partial charge >= 0.3 is 0 Å². The molecule has 0 saturated heterocycles. The van der Waals surface area contributed by atoms with Crippen LogP contribution in [0.15, 0.2) is 66.1 Å². The first-order chi connectivity index (χ1) is 10.3. The van der Waals surface area contributed by atoms with Gasteiger partial charge in [-0.15, -0.1) is 11.8 Å². The smallest absolute Gasteiger partial charge is 0.130 e. The fourth-order valence-corrected chi connectivity index (χ4v) is 3.65. The Labute approximate surface area is 129 Å². The summed E-state index contributed by atoms with van der Waals surface area (Å²) < 4.78 is 13.7. The molecular formula is C19H17FS. The monoisotopic (exact) mass is 296 g/mol. The number of allylic oxidation sites excluding steroid dienone is 1. The highest BCUT2D eigenvalue weighted by Gasteiger charge is 2.23. The first-order valence-electron chi connectivity index (χ1n) is 7.06. The van der Waals surface area contributed by atoms with Crippen LogP contribution in [0, 0.1) is 12.7 Å². The van der Waals surface area contributed by atoms with Crippen LogP contribution in [0.4, 0.5) is 4.39 Å². The molecule has 0 nitrogen and oxygen atoms in total. The molecule has 0 amide bonds. The SMILES string of the molecule is Cc1ccccc1C1C=CSC1C=Cc1ccccc1F. The van der Waals surface area contributed by atoms with E-state index in [4.69, 9.17) is 0 Å². The summed E-state index contributed by atoms with van der Waals surface area (Å²) in [5.74, 6) is 0.191. The number of halogens is 1. The second kappa shape index (κ2) is 6.31. The maximum absolute atomic E-state index is 13.7. The molecule has 0 N–H and O–H groups in total. The number of benzene rings is 2. The van der Waals surface area contributed by atoms with E-state index in [1.54, 1.807) is 17.8 Å². The molecule has 0 radical (unpaired) electrons. The standard InChI is InChI=1S/C19H17FS/c1-14-6-2-4-8-16(14)17-12-13-21-19(17)11-10-15-7-3-5-9-18(15)20/h2-13,17,19H,1H3. The summed E-state index contributed by atoms with van der Waals surface area (Å²) in [4.78, 5) is 0. The summed E-state index contributed by atoms with van der Waals surface area (Å²) in [6.45, 7) is 2.14. The van der Waals surface area contributed by atoms with Crippen molar-refractivity contribution >= 4 is 17.8 Å². The van der Waals surface area contributed by atoms with Crippen molar-refractivity contribution in [3.8, 4) is 0 Å². The summed E-state index contributed by atoms with van der Waals surface area (Å²) in [6, 6.07) is 15.4. The average Bonchev–Trinajstić information content (AvgIpc) is 2.95. The average molecular weight is 296 g/mol. The third kappa shape index (κ3) is 3.11. The summed E-state index contributed by atoms with van der Waals surface area (Å²) >= 11 is 1.79. The highest BCUT2D eigenvalue weighted by atomic mass is 32.2. The van der Waals surface area contributed by atoms with Gasteiger partial charge in [0.25, 0.3) is 0 Å². The molecule has 2 heteroatoms. The van der Waals surface area contributed by atoms with Crippen molar-refractivity contribution in [3.05, 3.63) is 88.6 Å². The van der Waals surface area contributed by atoms with Crippen LogP contribution in [-0.2, 0) is 0 Å². The van der Waals surface area contributed by atoms with E-state index in [0.717, 1.165) is 0 Å². The Morgan fingerprint density at radius 1 is 1.05 bits per heavy atom. The van der Waals surface area contributed by atoms with Crippen molar-refractivity contribution in [2.75, 3.05) is 0 Å². The van der Waals surface area contributed by atoms with Crippen LogP contribution in [0.3, 0.4) is 0 Å². The van der Waals surface area contributed by atoms with E-state index in [9.17, 15) is 4.39 Å². The largest absolute Gasteiger partial charge is 0.206 e. The zero-order valence-electron chi connectivity index (χ0n) is 11.9. The molecular weight excluding hydrogens is 279 g/mol. The lowest BCUT2D eigenvalue weighted by atomic mass is 9.91. The molecule has 0 bridgehead atoms. The van der Waals surface area contributed by atoms with E-state index in [1.165, 1.54) is 17.2 Å². The molecule has 106 valence electrons. The maximum atomic E-state index is 13.7. The van der Waals surface area contributed by atoms with Crippen molar-refractivity contribution < 1.29 is 4.39 Å². The Morgan fingerprint density at radius 2 is 1.81 bits per heavy atom. The molecule has 1 aliphatic heterocycles. The van der Waals surface area contributed by atoms with Gasteiger partial charge in [-0.05, 0) is 29.5 Å². The van der Waals surface area contributed by atoms with Crippen LogP contribution in [0.25, 0.3) is 6.08 Å². The van der Waals surface area contributed by atoms with E-state index in [0.29, 0.717) is 16.7 Å². The highest BCUT2D eigenvalue weighted by Crippen LogP contribution is 2.39. The molecule has 1 heterocycles. The van der Waals surface area contributed by atoms with Crippen LogP contribution >= 0.6 is 11.8 Å². The fraction of sp³-hybridized carbons (Fsp3) is 0.158. The zero-order valence-corrected chi connectivity index (χ0v) is 12.7. The van der Waals surface area contributed by atoms with Gasteiger partial charge in [-0.2, -0.15) is 0 Å². The summed E-state index contributed by atoms with van der Waals surface area (Å²) in [6.07, 6.45) is 6.24.